The molecule has 0 bridgehead atoms. The smallest absolute Gasteiger partial charge is 0.0561 e. The van der Waals surface area contributed by atoms with Gasteiger partial charge in [-0.3, -0.25) is 0 Å². The molecule has 2 nitrogen and oxygen atoms in total. The van der Waals surface area contributed by atoms with E-state index in [9.17, 15) is 0 Å². The van der Waals surface area contributed by atoms with Crippen molar-refractivity contribution in [2.24, 2.45) is 0 Å². The minimum absolute atomic E-state index is 0.125. The van der Waals surface area contributed by atoms with E-state index in [4.69, 9.17) is 0 Å². The Morgan fingerprint density at radius 3 is 1.38 bits per heavy atom. The van der Waals surface area contributed by atoms with Crippen LogP contribution in [0.2, 0.25) is 0 Å². The Kier molecular flexibility index (Phi) is 7.59. The second kappa shape index (κ2) is 12.8. The molecule has 0 unspecified atom stereocenters. The van der Waals surface area contributed by atoms with Gasteiger partial charge in [0.05, 0.1) is 5.69 Å². The van der Waals surface area contributed by atoms with Gasteiger partial charge in [0.15, 0.2) is 0 Å². The average molecular weight is 745 g/mol. The van der Waals surface area contributed by atoms with Crippen LogP contribution in [-0.4, -0.2) is 0 Å². The summed E-state index contributed by atoms with van der Waals surface area (Å²) in [5.74, 6) is 0. The topological polar surface area (TPSA) is 6.48 Å². The fourth-order valence-corrected chi connectivity index (χ4v) is 10.1. The van der Waals surface area contributed by atoms with Gasteiger partial charge in [-0.25, -0.2) is 0 Å². The van der Waals surface area contributed by atoms with Gasteiger partial charge in [-0.15, -0.1) is 0 Å². The number of para-hydroxylation sites is 2. The monoisotopic (exact) mass is 744 g/mol. The highest BCUT2D eigenvalue weighted by Crippen LogP contribution is 2.53. The maximum absolute atomic E-state index is 2.48. The van der Waals surface area contributed by atoms with Crippen molar-refractivity contribution in [3.63, 3.8) is 0 Å². The number of nitrogens with zero attached hydrogens (tertiary/aromatic N) is 2. The zero-order chi connectivity index (χ0) is 39.2. The molecule has 2 heteroatoms. The summed E-state index contributed by atoms with van der Waals surface area (Å²) < 4.78 is 0. The normalized spacial score (nSPS) is 14.1. The van der Waals surface area contributed by atoms with Crippen molar-refractivity contribution in [2.45, 2.75) is 38.5 Å². The van der Waals surface area contributed by atoms with Crippen LogP contribution in [0.1, 0.15) is 49.9 Å². The summed E-state index contributed by atoms with van der Waals surface area (Å²) in [6, 6.07) is 72.0. The molecule has 0 atom stereocenters. The number of fused-ring (bicyclic) bond motifs is 9. The van der Waals surface area contributed by atoms with Gasteiger partial charge in [-0.05, 0) is 121 Å². The second-order valence-corrected chi connectivity index (χ2v) is 17.0. The van der Waals surface area contributed by atoms with E-state index < -0.39 is 0 Å². The van der Waals surface area contributed by atoms with Crippen LogP contribution in [0.15, 0.2) is 194 Å². The first-order valence-electron chi connectivity index (χ1n) is 20.4. The number of rotatable bonds is 6. The fourth-order valence-electron chi connectivity index (χ4n) is 10.1. The van der Waals surface area contributed by atoms with Crippen molar-refractivity contribution in [2.75, 3.05) is 9.80 Å². The molecule has 0 fully saturated rings. The molecular weight excluding hydrogens is 701 g/mol. The first-order chi connectivity index (χ1) is 28.3. The molecule has 2 aliphatic rings. The second-order valence-electron chi connectivity index (χ2n) is 17.0. The molecule has 11 rings (SSSR count). The quantitative estimate of drug-likeness (QED) is 0.156. The molecule has 9 aromatic carbocycles. The lowest BCUT2D eigenvalue weighted by Gasteiger charge is -2.32. The van der Waals surface area contributed by atoms with Crippen molar-refractivity contribution in [1.29, 1.82) is 0 Å². The van der Waals surface area contributed by atoms with Crippen LogP contribution in [0.4, 0.5) is 34.1 Å². The maximum Gasteiger partial charge on any atom is 0.0561 e. The number of anilines is 6. The van der Waals surface area contributed by atoms with Crippen LogP contribution in [0.3, 0.4) is 0 Å². The molecule has 58 heavy (non-hydrogen) atoms. The Morgan fingerprint density at radius 1 is 0.293 bits per heavy atom. The summed E-state index contributed by atoms with van der Waals surface area (Å²) in [5.41, 5.74) is 17.3. The maximum atomic E-state index is 2.48. The van der Waals surface area contributed by atoms with Gasteiger partial charge in [0, 0.05) is 44.7 Å². The Bertz CT molecular complexity index is 3070. The third-order valence-electron chi connectivity index (χ3n) is 13.0. The Labute approximate surface area is 341 Å². The largest absolute Gasteiger partial charge is 0.310 e. The number of benzene rings is 9. The fraction of sp³-hybridized carbons (Fsp3) is 0.107. The van der Waals surface area contributed by atoms with Gasteiger partial charge in [0.25, 0.3) is 0 Å². The van der Waals surface area contributed by atoms with Crippen molar-refractivity contribution < 1.29 is 0 Å². The van der Waals surface area contributed by atoms with E-state index >= 15 is 0 Å². The third-order valence-corrected chi connectivity index (χ3v) is 13.0. The molecular formula is C56H44N2. The van der Waals surface area contributed by atoms with E-state index in [1.54, 1.807) is 0 Å². The zero-order valence-electron chi connectivity index (χ0n) is 33.4. The lowest BCUT2D eigenvalue weighted by Crippen LogP contribution is -2.17. The summed E-state index contributed by atoms with van der Waals surface area (Å²) in [4.78, 5) is 4.93. The van der Waals surface area contributed by atoms with Gasteiger partial charge in [-0.2, -0.15) is 0 Å². The van der Waals surface area contributed by atoms with Gasteiger partial charge in [0.2, 0.25) is 0 Å². The summed E-state index contributed by atoms with van der Waals surface area (Å²) in [7, 11) is 0. The molecule has 278 valence electrons. The number of hydrogen-bond donors (Lipinski definition) is 0. The van der Waals surface area contributed by atoms with Crippen LogP contribution in [-0.2, 0) is 10.8 Å². The first kappa shape index (κ1) is 34.4. The third kappa shape index (κ3) is 5.11. The molecule has 0 saturated carbocycles. The summed E-state index contributed by atoms with van der Waals surface area (Å²) >= 11 is 0. The molecule has 0 amide bonds. The van der Waals surface area contributed by atoms with Gasteiger partial charge < -0.3 is 9.80 Å². The SMILES string of the molecule is CC1(C)c2ccccc2-c2ccc(N(c3ccccc3)c3cc(N(c4ccccc4)c4ccc5c(c4)C(C)(C)c4ccccc4-5)c4ccc5ccccc5c4c3)cc21. The standard InChI is InChI=1S/C56H44N2/c1-55(2)50-25-15-13-23-44(50)46-31-28-40(34-52(46)55)57(38-18-7-5-8-19-38)42-33-49-43-22-12-11-17-37(43)27-30-48(49)54(36-42)58(39-20-9-6-10-21-39)41-29-32-47-45-24-14-16-26-51(45)56(3,4)53(47)35-41/h5-36H,1-4H3. The first-order valence-corrected chi connectivity index (χ1v) is 20.4. The van der Waals surface area contributed by atoms with Crippen LogP contribution in [0, 0.1) is 0 Å². The van der Waals surface area contributed by atoms with E-state index in [1.807, 2.05) is 0 Å². The highest BCUT2D eigenvalue weighted by Gasteiger charge is 2.37. The van der Waals surface area contributed by atoms with E-state index in [0.717, 1.165) is 34.1 Å². The van der Waals surface area contributed by atoms with Crippen LogP contribution in [0.25, 0.3) is 43.8 Å². The van der Waals surface area contributed by atoms with E-state index in [0.29, 0.717) is 0 Å². The van der Waals surface area contributed by atoms with Gasteiger partial charge >= 0.3 is 0 Å². The predicted octanol–water partition coefficient (Wildman–Crippen LogP) is 15.5. The molecule has 0 radical (unpaired) electrons. The summed E-state index contributed by atoms with van der Waals surface area (Å²) in [6.07, 6.45) is 0. The van der Waals surface area contributed by atoms with Crippen molar-refractivity contribution in [1.82, 2.24) is 0 Å². The molecule has 0 spiro atoms. The van der Waals surface area contributed by atoms with E-state index in [2.05, 4.69) is 232 Å². The Hall–Kier alpha value is -6.90. The lowest BCUT2D eigenvalue weighted by atomic mass is 9.82. The predicted molar refractivity (Wildman–Crippen MR) is 246 cm³/mol. The van der Waals surface area contributed by atoms with E-state index in [1.165, 1.54) is 66.1 Å². The summed E-state index contributed by atoms with van der Waals surface area (Å²) in [5, 5.41) is 4.88. The molecule has 0 saturated heterocycles. The van der Waals surface area contributed by atoms with Crippen molar-refractivity contribution in [3.8, 4) is 22.3 Å². The van der Waals surface area contributed by atoms with Crippen LogP contribution >= 0.6 is 0 Å². The molecule has 0 aliphatic heterocycles. The van der Waals surface area contributed by atoms with Crippen molar-refractivity contribution >= 4 is 55.7 Å². The van der Waals surface area contributed by atoms with E-state index in [-0.39, 0.29) is 10.8 Å². The highest BCUT2D eigenvalue weighted by molar-refractivity contribution is 6.14. The van der Waals surface area contributed by atoms with Crippen LogP contribution in [0.5, 0.6) is 0 Å². The molecule has 0 aromatic heterocycles. The molecule has 0 N–H and O–H groups in total. The average Bonchev–Trinajstić information content (AvgIpc) is 3.63. The highest BCUT2D eigenvalue weighted by atomic mass is 15.2. The van der Waals surface area contributed by atoms with Gasteiger partial charge in [-0.1, -0.05) is 161 Å². The van der Waals surface area contributed by atoms with Crippen molar-refractivity contribution in [3.05, 3.63) is 216 Å². The van der Waals surface area contributed by atoms with Crippen LogP contribution < -0.4 is 9.80 Å². The van der Waals surface area contributed by atoms with Gasteiger partial charge in [0.1, 0.15) is 0 Å². The Balaban J connectivity index is 1.18. The molecule has 2 aliphatic carbocycles. The Morgan fingerprint density at radius 2 is 0.776 bits per heavy atom. The number of hydrogen-bond acceptors (Lipinski definition) is 2. The minimum atomic E-state index is -0.129. The zero-order valence-corrected chi connectivity index (χ0v) is 33.4. The minimum Gasteiger partial charge on any atom is -0.310 e. The molecule has 0 heterocycles. The summed E-state index contributed by atoms with van der Waals surface area (Å²) in [6.45, 7) is 9.46. The molecule has 9 aromatic rings. The lowest BCUT2D eigenvalue weighted by molar-refractivity contribution is 0.660.